The van der Waals surface area contributed by atoms with Gasteiger partial charge in [-0.3, -0.25) is 14.7 Å². The Hall–Kier alpha value is -2.24. The molecule has 5 heteroatoms. The zero-order valence-corrected chi connectivity index (χ0v) is 12.7. The van der Waals surface area contributed by atoms with Gasteiger partial charge in [-0.1, -0.05) is 24.3 Å². The highest BCUT2D eigenvalue weighted by atomic mass is 16.3. The van der Waals surface area contributed by atoms with Gasteiger partial charge in [-0.2, -0.15) is 0 Å². The first-order chi connectivity index (χ1) is 10.7. The van der Waals surface area contributed by atoms with Gasteiger partial charge in [0.05, 0.1) is 6.61 Å². The summed E-state index contributed by atoms with van der Waals surface area (Å²) in [6, 6.07) is 11.6. The molecule has 1 aromatic carbocycles. The van der Waals surface area contributed by atoms with Crippen LogP contribution in [0.1, 0.15) is 18.1 Å². The minimum atomic E-state index is -0.0894. The first kappa shape index (κ1) is 16.1. The van der Waals surface area contributed by atoms with Gasteiger partial charge in [0.2, 0.25) is 5.91 Å². The van der Waals surface area contributed by atoms with Gasteiger partial charge >= 0.3 is 0 Å². The van der Waals surface area contributed by atoms with Crippen LogP contribution in [-0.2, 0) is 17.9 Å². The Kier molecular flexibility index (Phi) is 6.06. The zero-order chi connectivity index (χ0) is 15.8. The van der Waals surface area contributed by atoms with Crippen LogP contribution in [0, 0.1) is 0 Å². The summed E-state index contributed by atoms with van der Waals surface area (Å²) < 4.78 is 0. The molecule has 0 saturated carbocycles. The average Bonchev–Trinajstić information content (AvgIpc) is 2.50. The molecule has 0 aliphatic carbocycles. The summed E-state index contributed by atoms with van der Waals surface area (Å²) in [5.74, 6) is -0.0894. The molecule has 0 saturated heterocycles. The van der Waals surface area contributed by atoms with E-state index in [-0.39, 0.29) is 12.5 Å². The van der Waals surface area contributed by atoms with E-state index in [4.69, 9.17) is 0 Å². The Labute approximate surface area is 130 Å². The number of nitrogens with one attached hydrogen (secondary N) is 1. The van der Waals surface area contributed by atoms with Crippen LogP contribution in [0.15, 0.2) is 48.8 Å². The topological polar surface area (TPSA) is 65.5 Å². The van der Waals surface area contributed by atoms with Crippen molar-refractivity contribution in [1.82, 2.24) is 9.88 Å². The number of benzene rings is 1. The number of nitrogens with zero attached hydrogens (tertiary/aromatic N) is 2. The van der Waals surface area contributed by atoms with Crippen LogP contribution in [-0.4, -0.2) is 34.0 Å². The Morgan fingerprint density at radius 1 is 1.23 bits per heavy atom. The van der Waals surface area contributed by atoms with Gasteiger partial charge in [0, 0.05) is 44.6 Å². The summed E-state index contributed by atoms with van der Waals surface area (Å²) in [6.45, 7) is 3.48. The summed E-state index contributed by atoms with van der Waals surface area (Å²) in [5.41, 5.74) is 2.92. The molecule has 2 aromatic rings. The van der Waals surface area contributed by atoms with Crippen molar-refractivity contribution in [3.8, 4) is 0 Å². The van der Waals surface area contributed by atoms with Gasteiger partial charge in [-0.15, -0.1) is 0 Å². The lowest BCUT2D eigenvalue weighted by molar-refractivity contribution is -0.114. The summed E-state index contributed by atoms with van der Waals surface area (Å²) in [4.78, 5) is 17.5. The number of amides is 1. The molecule has 116 valence electrons. The van der Waals surface area contributed by atoms with Crippen molar-refractivity contribution in [1.29, 1.82) is 0 Å². The second-order valence-electron chi connectivity index (χ2n) is 5.13. The van der Waals surface area contributed by atoms with E-state index in [9.17, 15) is 9.90 Å². The number of anilines is 1. The van der Waals surface area contributed by atoms with E-state index in [1.165, 1.54) is 6.92 Å². The molecule has 0 aliphatic rings. The highest BCUT2D eigenvalue weighted by molar-refractivity contribution is 5.89. The lowest BCUT2D eigenvalue weighted by Crippen LogP contribution is -2.26. The number of hydrogen-bond donors (Lipinski definition) is 2. The third-order valence-corrected chi connectivity index (χ3v) is 3.27. The Balaban J connectivity index is 2.12. The molecule has 2 N–H and O–H groups in total. The molecule has 2 rings (SSSR count). The van der Waals surface area contributed by atoms with E-state index in [2.05, 4.69) is 15.2 Å². The van der Waals surface area contributed by atoms with E-state index in [1.54, 1.807) is 6.20 Å². The number of para-hydroxylation sites is 1. The summed E-state index contributed by atoms with van der Waals surface area (Å²) in [7, 11) is 0. The zero-order valence-electron chi connectivity index (χ0n) is 12.7. The second kappa shape index (κ2) is 8.26. The summed E-state index contributed by atoms with van der Waals surface area (Å²) in [6.07, 6.45) is 3.57. The molecule has 1 aromatic heterocycles. The number of carbonyl (C=O) groups is 1. The van der Waals surface area contributed by atoms with Crippen LogP contribution in [0.4, 0.5) is 5.69 Å². The summed E-state index contributed by atoms with van der Waals surface area (Å²) >= 11 is 0. The predicted molar refractivity (Wildman–Crippen MR) is 86.2 cm³/mol. The Morgan fingerprint density at radius 3 is 2.73 bits per heavy atom. The number of hydrogen-bond acceptors (Lipinski definition) is 4. The number of aromatic nitrogens is 1. The third-order valence-electron chi connectivity index (χ3n) is 3.27. The van der Waals surface area contributed by atoms with Crippen molar-refractivity contribution in [3.05, 3.63) is 59.9 Å². The van der Waals surface area contributed by atoms with Crippen LogP contribution in [0.3, 0.4) is 0 Å². The Morgan fingerprint density at radius 2 is 2.05 bits per heavy atom. The van der Waals surface area contributed by atoms with Gasteiger partial charge in [-0.05, 0) is 23.3 Å². The van der Waals surface area contributed by atoms with E-state index in [1.807, 2.05) is 42.6 Å². The molecule has 0 unspecified atom stereocenters. The molecule has 22 heavy (non-hydrogen) atoms. The van der Waals surface area contributed by atoms with E-state index >= 15 is 0 Å². The largest absolute Gasteiger partial charge is 0.395 e. The van der Waals surface area contributed by atoms with Crippen molar-refractivity contribution >= 4 is 11.6 Å². The van der Waals surface area contributed by atoms with Crippen LogP contribution < -0.4 is 5.32 Å². The third kappa shape index (κ3) is 4.95. The van der Waals surface area contributed by atoms with Crippen LogP contribution in [0.25, 0.3) is 0 Å². The van der Waals surface area contributed by atoms with Gasteiger partial charge in [-0.25, -0.2) is 0 Å². The minimum absolute atomic E-state index is 0.0859. The maximum absolute atomic E-state index is 11.3. The average molecular weight is 299 g/mol. The van der Waals surface area contributed by atoms with Crippen LogP contribution in [0.5, 0.6) is 0 Å². The summed E-state index contributed by atoms with van der Waals surface area (Å²) in [5, 5.41) is 12.1. The minimum Gasteiger partial charge on any atom is -0.395 e. The fraction of sp³-hybridized carbons (Fsp3) is 0.294. The highest BCUT2D eigenvalue weighted by Crippen LogP contribution is 2.18. The normalized spacial score (nSPS) is 10.7. The molecule has 0 radical (unpaired) electrons. The van der Waals surface area contributed by atoms with Crippen LogP contribution in [0.2, 0.25) is 0 Å². The number of pyridine rings is 1. The molecule has 1 heterocycles. The van der Waals surface area contributed by atoms with Gasteiger partial charge in [0.15, 0.2) is 0 Å². The molecule has 1 amide bonds. The maximum atomic E-state index is 11.3. The molecule has 0 aliphatic heterocycles. The molecule has 0 fully saturated rings. The van der Waals surface area contributed by atoms with Crippen molar-refractivity contribution in [2.45, 2.75) is 20.0 Å². The van der Waals surface area contributed by atoms with Crippen LogP contribution >= 0.6 is 0 Å². The SMILES string of the molecule is CC(=O)Nc1ccccc1CN(CCO)Cc1cccnc1. The number of rotatable bonds is 7. The highest BCUT2D eigenvalue weighted by Gasteiger charge is 2.10. The number of aliphatic hydroxyl groups excluding tert-OH is 1. The predicted octanol–water partition coefficient (Wildman–Crippen LogP) is 2.03. The van der Waals surface area contributed by atoms with Gasteiger partial charge < -0.3 is 10.4 Å². The number of carbonyl (C=O) groups excluding carboxylic acids is 1. The Bertz CT molecular complexity index is 602. The first-order valence-electron chi connectivity index (χ1n) is 7.26. The smallest absolute Gasteiger partial charge is 0.221 e. The quantitative estimate of drug-likeness (QED) is 0.821. The monoisotopic (exact) mass is 299 g/mol. The van der Waals surface area contributed by atoms with Crippen molar-refractivity contribution in [3.63, 3.8) is 0 Å². The van der Waals surface area contributed by atoms with E-state index in [0.717, 1.165) is 16.8 Å². The van der Waals surface area contributed by atoms with E-state index < -0.39 is 0 Å². The second-order valence-corrected chi connectivity index (χ2v) is 5.13. The maximum Gasteiger partial charge on any atom is 0.221 e. The van der Waals surface area contributed by atoms with Crippen molar-refractivity contribution in [2.24, 2.45) is 0 Å². The van der Waals surface area contributed by atoms with Crippen molar-refractivity contribution < 1.29 is 9.90 Å². The fourth-order valence-corrected chi connectivity index (χ4v) is 2.32. The molecule has 5 nitrogen and oxygen atoms in total. The molecule has 0 atom stereocenters. The molecule has 0 spiro atoms. The van der Waals surface area contributed by atoms with Crippen molar-refractivity contribution in [2.75, 3.05) is 18.5 Å². The fourth-order valence-electron chi connectivity index (χ4n) is 2.32. The van der Waals surface area contributed by atoms with Gasteiger partial charge in [0.1, 0.15) is 0 Å². The lowest BCUT2D eigenvalue weighted by Gasteiger charge is -2.22. The van der Waals surface area contributed by atoms with E-state index in [0.29, 0.717) is 19.6 Å². The standard InChI is InChI=1S/C17H21N3O2/c1-14(22)19-17-7-3-2-6-16(17)13-20(9-10-21)12-15-5-4-8-18-11-15/h2-8,11,21H,9-10,12-13H2,1H3,(H,19,22). The molecular weight excluding hydrogens is 278 g/mol. The lowest BCUT2D eigenvalue weighted by atomic mass is 10.1. The first-order valence-corrected chi connectivity index (χ1v) is 7.26. The number of aliphatic hydroxyl groups is 1. The molecular formula is C17H21N3O2. The van der Waals surface area contributed by atoms with Gasteiger partial charge in [0.25, 0.3) is 0 Å². The molecule has 0 bridgehead atoms.